The van der Waals surface area contributed by atoms with Gasteiger partial charge in [0.25, 0.3) is 0 Å². The quantitative estimate of drug-likeness (QED) is 0.528. The molecule has 6 nitrogen and oxygen atoms in total. The highest BCUT2D eigenvalue weighted by molar-refractivity contribution is 7.89. The summed E-state index contributed by atoms with van der Waals surface area (Å²) < 4.78 is 27.0. The van der Waals surface area contributed by atoms with Crippen molar-refractivity contribution in [1.82, 2.24) is 14.5 Å². The van der Waals surface area contributed by atoms with E-state index in [1.165, 1.54) is 5.56 Å². The van der Waals surface area contributed by atoms with Crippen LogP contribution < -0.4 is 5.32 Å². The molecule has 7 heteroatoms. The summed E-state index contributed by atoms with van der Waals surface area (Å²) in [5.74, 6) is -0.231. The number of fused-ring (bicyclic) bond motifs is 1. The van der Waals surface area contributed by atoms with Crippen LogP contribution in [-0.4, -0.2) is 68.6 Å². The number of carbonyl (C=O) groups excluding carboxylic acids is 1. The van der Waals surface area contributed by atoms with Gasteiger partial charge in [0.15, 0.2) is 0 Å². The maximum absolute atomic E-state index is 12.7. The molecule has 1 fully saturated rings. The van der Waals surface area contributed by atoms with Crippen LogP contribution >= 0.6 is 0 Å². The number of sulfonamides is 1. The third-order valence-corrected chi connectivity index (χ3v) is 8.07. The highest BCUT2D eigenvalue weighted by Gasteiger charge is 2.26. The van der Waals surface area contributed by atoms with Gasteiger partial charge in [-0.2, -0.15) is 4.31 Å². The molecule has 4 rings (SSSR count). The molecule has 174 valence electrons. The van der Waals surface area contributed by atoms with Crippen LogP contribution in [0.25, 0.3) is 10.8 Å². The van der Waals surface area contributed by atoms with Gasteiger partial charge in [0.2, 0.25) is 15.9 Å². The zero-order valence-corrected chi connectivity index (χ0v) is 19.6. The van der Waals surface area contributed by atoms with Gasteiger partial charge in [-0.3, -0.25) is 4.79 Å². The van der Waals surface area contributed by atoms with Crippen LogP contribution in [0.2, 0.25) is 0 Å². The fraction of sp³-hybridized carbons (Fsp3) is 0.346. The van der Waals surface area contributed by atoms with Crippen molar-refractivity contribution in [2.45, 2.75) is 12.8 Å². The SMILES string of the molecule is O=C(Cc1cccc2ccccc12)NCCS(=O)(=O)N1CCN(CCc2ccccc2)CC1. The average molecular weight is 466 g/mol. The lowest BCUT2D eigenvalue weighted by Crippen LogP contribution is -2.50. The van der Waals surface area contributed by atoms with Gasteiger partial charge < -0.3 is 10.2 Å². The Morgan fingerprint density at radius 1 is 0.848 bits per heavy atom. The Balaban J connectivity index is 1.20. The maximum Gasteiger partial charge on any atom is 0.224 e. The highest BCUT2D eigenvalue weighted by Crippen LogP contribution is 2.18. The van der Waals surface area contributed by atoms with E-state index in [-0.39, 0.29) is 24.6 Å². The summed E-state index contributed by atoms with van der Waals surface area (Å²) in [4.78, 5) is 14.7. The predicted octanol–water partition coefficient (Wildman–Crippen LogP) is 2.69. The molecule has 0 atom stereocenters. The summed E-state index contributed by atoms with van der Waals surface area (Å²) in [5.41, 5.74) is 2.24. The molecule has 1 saturated heterocycles. The molecule has 3 aromatic carbocycles. The van der Waals surface area contributed by atoms with Crippen LogP contribution in [0.3, 0.4) is 0 Å². The Morgan fingerprint density at radius 3 is 2.33 bits per heavy atom. The van der Waals surface area contributed by atoms with E-state index in [9.17, 15) is 13.2 Å². The minimum absolute atomic E-state index is 0.0711. The Labute approximate surface area is 196 Å². The maximum atomic E-state index is 12.7. The summed E-state index contributed by atoms with van der Waals surface area (Å²) >= 11 is 0. The van der Waals surface area contributed by atoms with Gasteiger partial charge in [0, 0.05) is 39.3 Å². The van der Waals surface area contributed by atoms with Crippen molar-refractivity contribution >= 4 is 26.7 Å². The van der Waals surface area contributed by atoms with Gasteiger partial charge in [-0.05, 0) is 28.3 Å². The molecule has 1 amide bonds. The molecule has 0 spiro atoms. The largest absolute Gasteiger partial charge is 0.355 e. The van der Waals surface area contributed by atoms with E-state index in [1.54, 1.807) is 4.31 Å². The summed E-state index contributed by atoms with van der Waals surface area (Å²) in [7, 11) is -3.39. The first-order valence-corrected chi connectivity index (χ1v) is 13.1. The van der Waals surface area contributed by atoms with E-state index in [1.807, 2.05) is 60.7 Å². The fourth-order valence-corrected chi connectivity index (χ4v) is 5.63. The van der Waals surface area contributed by atoms with Crippen LogP contribution in [0, 0.1) is 0 Å². The van der Waals surface area contributed by atoms with Crippen LogP contribution in [0.1, 0.15) is 11.1 Å². The lowest BCUT2D eigenvalue weighted by molar-refractivity contribution is -0.120. The number of rotatable bonds is 9. The van der Waals surface area contributed by atoms with Crippen LogP contribution in [-0.2, 0) is 27.7 Å². The number of carbonyl (C=O) groups is 1. The van der Waals surface area contributed by atoms with E-state index in [0.717, 1.165) is 42.4 Å². The monoisotopic (exact) mass is 465 g/mol. The van der Waals surface area contributed by atoms with Crippen molar-refractivity contribution < 1.29 is 13.2 Å². The van der Waals surface area contributed by atoms with E-state index in [0.29, 0.717) is 13.1 Å². The Kier molecular flexibility index (Phi) is 7.75. The molecular formula is C26H31N3O3S. The van der Waals surface area contributed by atoms with Crippen LogP contribution in [0.4, 0.5) is 0 Å². The smallest absolute Gasteiger partial charge is 0.224 e. The minimum Gasteiger partial charge on any atom is -0.355 e. The topological polar surface area (TPSA) is 69.7 Å². The fourth-order valence-electron chi connectivity index (χ4n) is 4.29. The second kappa shape index (κ2) is 10.9. The summed E-state index contributed by atoms with van der Waals surface area (Å²) in [6.45, 7) is 3.53. The third-order valence-electron chi connectivity index (χ3n) is 6.20. The molecule has 1 aliphatic heterocycles. The average Bonchev–Trinajstić information content (AvgIpc) is 2.84. The van der Waals surface area contributed by atoms with Gasteiger partial charge in [-0.25, -0.2) is 8.42 Å². The van der Waals surface area contributed by atoms with Crippen molar-refractivity contribution in [3.63, 3.8) is 0 Å². The Bertz CT molecular complexity index is 1170. The van der Waals surface area contributed by atoms with Crippen molar-refractivity contribution in [3.05, 3.63) is 83.9 Å². The number of hydrogen-bond donors (Lipinski definition) is 1. The molecular weight excluding hydrogens is 434 g/mol. The van der Waals surface area contributed by atoms with Crippen molar-refractivity contribution in [2.24, 2.45) is 0 Å². The van der Waals surface area contributed by atoms with Gasteiger partial charge in [0.1, 0.15) is 0 Å². The molecule has 0 unspecified atom stereocenters. The van der Waals surface area contributed by atoms with Crippen molar-refractivity contribution in [1.29, 1.82) is 0 Å². The number of nitrogens with zero attached hydrogens (tertiary/aromatic N) is 2. The van der Waals surface area contributed by atoms with Crippen LogP contribution in [0.15, 0.2) is 72.8 Å². The summed E-state index contributed by atoms with van der Waals surface area (Å²) in [6.07, 6.45) is 1.21. The molecule has 0 radical (unpaired) electrons. The molecule has 0 bridgehead atoms. The number of nitrogens with one attached hydrogen (secondary N) is 1. The first-order chi connectivity index (χ1) is 16.0. The van der Waals surface area contributed by atoms with Crippen molar-refractivity contribution in [2.75, 3.05) is 45.0 Å². The molecule has 1 N–H and O–H groups in total. The number of benzene rings is 3. The zero-order chi connectivity index (χ0) is 23.1. The first kappa shape index (κ1) is 23.4. The second-order valence-electron chi connectivity index (χ2n) is 8.46. The van der Waals surface area contributed by atoms with E-state index in [4.69, 9.17) is 0 Å². The zero-order valence-electron chi connectivity index (χ0n) is 18.8. The van der Waals surface area contributed by atoms with Gasteiger partial charge in [0.05, 0.1) is 12.2 Å². The van der Waals surface area contributed by atoms with Gasteiger partial charge >= 0.3 is 0 Å². The standard InChI is InChI=1S/C26H31N3O3S/c30-26(21-24-11-6-10-23-9-4-5-12-25(23)24)27-14-20-33(31,32)29-18-16-28(17-19-29)15-13-22-7-2-1-3-8-22/h1-12H,13-21H2,(H,27,30). The Hall–Kier alpha value is -2.74. The van der Waals surface area contributed by atoms with Crippen molar-refractivity contribution in [3.8, 4) is 0 Å². The molecule has 0 aliphatic carbocycles. The number of amides is 1. The van der Waals surface area contributed by atoms with E-state index >= 15 is 0 Å². The number of piperazine rings is 1. The molecule has 3 aromatic rings. The lowest BCUT2D eigenvalue weighted by atomic mass is 10.0. The minimum atomic E-state index is -3.39. The third kappa shape index (κ3) is 6.41. The summed E-state index contributed by atoms with van der Waals surface area (Å²) in [5, 5.41) is 4.92. The molecule has 0 aromatic heterocycles. The molecule has 0 saturated carbocycles. The normalized spacial score (nSPS) is 15.5. The highest BCUT2D eigenvalue weighted by atomic mass is 32.2. The number of hydrogen-bond acceptors (Lipinski definition) is 4. The predicted molar refractivity (Wildman–Crippen MR) is 133 cm³/mol. The molecule has 33 heavy (non-hydrogen) atoms. The summed E-state index contributed by atoms with van der Waals surface area (Å²) in [6, 6.07) is 24.2. The van der Waals surface area contributed by atoms with E-state index in [2.05, 4.69) is 22.3 Å². The Morgan fingerprint density at radius 2 is 1.55 bits per heavy atom. The van der Waals surface area contributed by atoms with E-state index < -0.39 is 10.0 Å². The second-order valence-corrected chi connectivity index (χ2v) is 10.5. The lowest BCUT2D eigenvalue weighted by Gasteiger charge is -2.34. The molecule has 1 heterocycles. The molecule has 1 aliphatic rings. The van der Waals surface area contributed by atoms with Crippen LogP contribution in [0.5, 0.6) is 0 Å². The first-order valence-electron chi connectivity index (χ1n) is 11.5. The van der Waals surface area contributed by atoms with Gasteiger partial charge in [-0.1, -0.05) is 72.8 Å². The van der Waals surface area contributed by atoms with Gasteiger partial charge in [-0.15, -0.1) is 0 Å².